The van der Waals surface area contributed by atoms with Crippen LogP contribution in [0.3, 0.4) is 0 Å². The van der Waals surface area contributed by atoms with Gasteiger partial charge < -0.3 is 19.9 Å². The Labute approximate surface area is 221 Å². The van der Waals surface area contributed by atoms with Crippen LogP contribution in [0.15, 0.2) is 23.7 Å². The van der Waals surface area contributed by atoms with Crippen LogP contribution in [0.25, 0.3) is 10.4 Å². The number of hydrogen-bond donors (Lipinski definition) is 1. The second kappa shape index (κ2) is 14.3. The van der Waals surface area contributed by atoms with Gasteiger partial charge >= 0.3 is 0 Å². The summed E-state index contributed by atoms with van der Waals surface area (Å²) >= 11 is 1.61. The van der Waals surface area contributed by atoms with E-state index in [1.807, 2.05) is 73.3 Å². The maximum Gasteiger partial charge on any atom is 0.243 e. The van der Waals surface area contributed by atoms with Crippen molar-refractivity contribution in [3.05, 3.63) is 35.0 Å². The lowest BCUT2D eigenvalue weighted by Crippen LogP contribution is -2.48. The molecule has 0 bridgehead atoms. The van der Waals surface area contributed by atoms with Gasteiger partial charge in [0, 0.05) is 31.1 Å². The highest BCUT2D eigenvalue weighted by atomic mass is 32.1. The molecule has 0 spiro atoms. The number of nitrogens with one attached hydrogen (secondary N) is 1. The van der Waals surface area contributed by atoms with Gasteiger partial charge in [-0.3, -0.25) is 9.59 Å². The van der Waals surface area contributed by atoms with Crippen molar-refractivity contribution in [3.8, 4) is 16.2 Å². The van der Waals surface area contributed by atoms with Gasteiger partial charge in [0.2, 0.25) is 11.8 Å². The third-order valence-electron chi connectivity index (χ3n) is 6.55. The van der Waals surface area contributed by atoms with E-state index in [-0.39, 0.29) is 23.7 Å². The summed E-state index contributed by atoms with van der Waals surface area (Å²) < 4.78 is 6.13. The normalized spacial score (nSPS) is 16.1. The number of ether oxygens (including phenoxy) is 1. The van der Waals surface area contributed by atoms with E-state index in [1.54, 1.807) is 16.2 Å². The summed E-state index contributed by atoms with van der Waals surface area (Å²) in [5, 5.41) is 3.07. The molecule has 0 aliphatic carbocycles. The zero-order valence-electron chi connectivity index (χ0n) is 23.3. The van der Waals surface area contributed by atoms with Gasteiger partial charge in [-0.25, -0.2) is 4.98 Å². The molecule has 2 heterocycles. The Kier molecular flexibility index (Phi) is 11.9. The second-order valence-electron chi connectivity index (χ2n) is 9.68. The van der Waals surface area contributed by atoms with Gasteiger partial charge in [0.05, 0.1) is 16.1 Å². The Morgan fingerprint density at radius 2 is 1.97 bits per heavy atom. The zero-order valence-corrected chi connectivity index (χ0v) is 24.1. The minimum Gasteiger partial charge on any atom is -0.492 e. The van der Waals surface area contributed by atoms with Gasteiger partial charge in [-0.1, -0.05) is 46.8 Å². The number of rotatable bonds is 10. The lowest BCUT2D eigenvalue weighted by Gasteiger charge is -2.28. The molecule has 2 aromatic rings. The zero-order chi connectivity index (χ0) is 26.8. The van der Waals surface area contributed by atoms with Crippen LogP contribution in [0.2, 0.25) is 0 Å². The second-order valence-corrected chi connectivity index (χ2v) is 10.5. The average molecular weight is 517 g/mol. The minimum absolute atomic E-state index is 0.0737. The Morgan fingerprint density at radius 3 is 2.58 bits per heavy atom. The predicted octanol–water partition coefficient (Wildman–Crippen LogP) is 4.98. The number of aromatic nitrogens is 1. The summed E-state index contributed by atoms with van der Waals surface area (Å²) in [6, 6.07) is 5.70. The van der Waals surface area contributed by atoms with Crippen molar-refractivity contribution in [2.75, 3.05) is 33.8 Å². The van der Waals surface area contributed by atoms with E-state index in [0.717, 1.165) is 40.4 Å². The maximum absolute atomic E-state index is 13.1. The van der Waals surface area contributed by atoms with E-state index >= 15 is 0 Å². The predicted molar refractivity (Wildman–Crippen MR) is 148 cm³/mol. The van der Waals surface area contributed by atoms with Crippen LogP contribution in [0.1, 0.15) is 58.7 Å². The fourth-order valence-electron chi connectivity index (χ4n) is 4.04. The highest BCUT2D eigenvalue weighted by molar-refractivity contribution is 7.13. The molecular weight excluding hydrogens is 472 g/mol. The molecule has 3 rings (SSSR count). The minimum atomic E-state index is -0.397. The molecule has 0 radical (unpaired) electrons. The number of likely N-dealkylation sites (N-methyl/N-ethyl adjacent to an activating group) is 1. The Hall–Kier alpha value is -2.45. The quantitative estimate of drug-likeness (QED) is 0.482. The van der Waals surface area contributed by atoms with Crippen LogP contribution in [-0.2, 0) is 16.1 Å². The smallest absolute Gasteiger partial charge is 0.243 e. The standard InChI is InChI=1S/C26H38N4O3S.C2H6/c1-17(2)18(3)26(32)30-11-7-8-22(30)25(31)27-15-21-10-9-20(24-19(4)28-16-34-24)14-23(21)33-13-12-29(5)6;1-2/h9-10,14,16-18,22H,7-8,11-13,15H2,1-6H3,(H,27,31);1-2H3. The Bertz CT molecular complexity index is 989. The molecule has 2 unspecified atom stereocenters. The number of likely N-dealkylation sites (tertiary alicyclic amines) is 1. The van der Waals surface area contributed by atoms with Crippen LogP contribution in [-0.4, -0.2) is 66.4 Å². The number of amides is 2. The fraction of sp³-hybridized carbons (Fsp3) is 0.607. The number of aryl methyl sites for hydroxylation is 1. The molecule has 200 valence electrons. The molecule has 36 heavy (non-hydrogen) atoms. The van der Waals surface area contributed by atoms with Gasteiger partial charge in [0.25, 0.3) is 0 Å². The molecule has 8 heteroatoms. The summed E-state index contributed by atoms with van der Waals surface area (Å²) in [5.41, 5.74) is 4.82. The molecule has 1 aromatic carbocycles. The third kappa shape index (κ3) is 7.77. The van der Waals surface area contributed by atoms with E-state index in [1.165, 1.54) is 0 Å². The largest absolute Gasteiger partial charge is 0.492 e. The average Bonchev–Trinajstić information content (AvgIpc) is 3.52. The van der Waals surface area contributed by atoms with Gasteiger partial charge in [-0.15, -0.1) is 11.3 Å². The van der Waals surface area contributed by atoms with Crippen LogP contribution in [0.4, 0.5) is 0 Å². The fourth-order valence-corrected chi connectivity index (χ4v) is 4.85. The molecule has 1 aliphatic rings. The van der Waals surface area contributed by atoms with Gasteiger partial charge in [0.1, 0.15) is 18.4 Å². The topological polar surface area (TPSA) is 74.8 Å². The summed E-state index contributed by atoms with van der Waals surface area (Å²) in [6.07, 6.45) is 1.56. The number of benzene rings is 1. The van der Waals surface area contributed by atoms with Crippen molar-refractivity contribution in [2.24, 2.45) is 11.8 Å². The molecule has 1 aliphatic heterocycles. The van der Waals surface area contributed by atoms with Crippen molar-refractivity contribution < 1.29 is 14.3 Å². The number of thiazole rings is 1. The van der Waals surface area contributed by atoms with E-state index < -0.39 is 6.04 Å². The summed E-state index contributed by atoms with van der Waals surface area (Å²) in [6.45, 7) is 14.4. The van der Waals surface area contributed by atoms with E-state index in [2.05, 4.69) is 21.3 Å². The highest BCUT2D eigenvalue weighted by Crippen LogP contribution is 2.32. The van der Waals surface area contributed by atoms with Crippen LogP contribution in [0.5, 0.6) is 5.75 Å². The molecule has 2 atom stereocenters. The van der Waals surface area contributed by atoms with Crippen molar-refractivity contribution in [1.29, 1.82) is 0 Å². The van der Waals surface area contributed by atoms with E-state index in [0.29, 0.717) is 26.1 Å². The number of carbonyl (C=O) groups excluding carboxylic acids is 2. The summed E-state index contributed by atoms with van der Waals surface area (Å²) in [4.78, 5) is 35.3. The number of nitrogens with zero attached hydrogens (tertiary/aromatic N) is 3. The molecule has 0 saturated carbocycles. The number of hydrogen-bond acceptors (Lipinski definition) is 6. The first-order chi connectivity index (χ1) is 17.2. The van der Waals surface area contributed by atoms with Crippen molar-refractivity contribution >= 4 is 23.2 Å². The number of carbonyl (C=O) groups is 2. The lowest BCUT2D eigenvalue weighted by atomic mass is 9.96. The van der Waals surface area contributed by atoms with Crippen LogP contribution in [0, 0.1) is 18.8 Å². The van der Waals surface area contributed by atoms with Gasteiger partial charge in [-0.2, -0.15) is 0 Å². The summed E-state index contributed by atoms with van der Waals surface area (Å²) in [5.74, 6) is 0.903. The van der Waals surface area contributed by atoms with Crippen molar-refractivity contribution in [2.45, 2.75) is 67.0 Å². The Morgan fingerprint density at radius 1 is 1.25 bits per heavy atom. The summed E-state index contributed by atoms with van der Waals surface area (Å²) in [7, 11) is 4.02. The lowest BCUT2D eigenvalue weighted by molar-refractivity contribution is -0.142. The highest BCUT2D eigenvalue weighted by Gasteiger charge is 2.36. The molecule has 1 fully saturated rings. The molecule has 1 aromatic heterocycles. The molecule has 7 nitrogen and oxygen atoms in total. The van der Waals surface area contributed by atoms with Crippen LogP contribution < -0.4 is 10.1 Å². The SMILES string of the molecule is CC.Cc1ncsc1-c1ccc(CNC(=O)C2CCCN2C(=O)C(C)C(C)C)c(OCCN(C)C)c1. The molecule has 1 N–H and O–H groups in total. The van der Waals surface area contributed by atoms with Gasteiger partial charge in [0.15, 0.2) is 0 Å². The molecular formula is C28H44N4O3S. The van der Waals surface area contributed by atoms with E-state index in [4.69, 9.17) is 4.74 Å². The monoisotopic (exact) mass is 516 g/mol. The first-order valence-electron chi connectivity index (χ1n) is 13.1. The first kappa shape index (κ1) is 29.8. The Balaban J connectivity index is 0.00000222. The van der Waals surface area contributed by atoms with Crippen molar-refractivity contribution in [3.63, 3.8) is 0 Å². The third-order valence-corrected chi connectivity index (χ3v) is 7.53. The van der Waals surface area contributed by atoms with Crippen molar-refractivity contribution in [1.82, 2.24) is 20.1 Å². The van der Waals surface area contributed by atoms with E-state index in [9.17, 15) is 9.59 Å². The van der Waals surface area contributed by atoms with Crippen LogP contribution >= 0.6 is 11.3 Å². The first-order valence-corrected chi connectivity index (χ1v) is 14.0. The van der Waals surface area contributed by atoms with Gasteiger partial charge in [-0.05, 0) is 51.4 Å². The molecule has 2 amide bonds. The maximum atomic E-state index is 13.1. The molecule has 1 saturated heterocycles.